The summed E-state index contributed by atoms with van der Waals surface area (Å²) in [5.74, 6) is -0.0978. The van der Waals surface area contributed by atoms with Gasteiger partial charge in [0.1, 0.15) is 11.3 Å². The first-order valence-corrected chi connectivity index (χ1v) is 8.87. The highest BCUT2D eigenvalue weighted by molar-refractivity contribution is 5.92. The average molecular weight is 354 g/mol. The second-order valence-corrected chi connectivity index (χ2v) is 6.98. The summed E-state index contributed by atoms with van der Waals surface area (Å²) >= 11 is 0. The summed E-state index contributed by atoms with van der Waals surface area (Å²) in [6.45, 7) is 4.28. The zero-order valence-electron chi connectivity index (χ0n) is 14.8. The van der Waals surface area contributed by atoms with Crippen LogP contribution in [-0.4, -0.2) is 57.2 Å². The van der Waals surface area contributed by atoms with Crippen LogP contribution in [-0.2, 0) is 16.1 Å². The summed E-state index contributed by atoms with van der Waals surface area (Å²) < 4.78 is 12.1. The molecular weight excluding hydrogens is 332 g/mol. The van der Waals surface area contributed by atoms with E-state index in [-0.39, 0.29) is 17.6 Å². The van der Waals surface area contributed by atoms with Crippen LogP contribution < -0.4 is 0 Å². The lowest BCUT2D eigenvalue weighted by Gasteiger charge is -2.52. The van der Waals surface area contributed by atoms with E-state index in [1.54, 1.807) is 11.1 Å². The molecule has 2 aliphatic rings. The fourth-order valence-corrected chi connectivity index (χ4v) is 3.59. The molecule has 1 spiro atoms. The highest BCUT2D eigenvalue weighted by Crippen LogP contribution is 2.36. The first kappa shape index (κ1) is 17.1. The summed E-state index contributed by atoms with van der Waals surface area (Å²) in [5.41, 5.74) is 2.02. The van der Waals surface area contributed by atoms with Crippen LogP contribution in [0.3, 0.4) is 0 Å². The molecule has 0 saturated carbocycles. The van der Waals surface area contributed by atoms with Crippen LogP contribution in [0.5, 0.6) is 0 Å². The minimum absolute atomic E-state index is 0.0978. The number of pyridine rings is 1. The predicted octanol–water partition coefficient (Wildman–Crippen LogP) is 1.77. The fraction of sp³-hybridized carbons (Fsp3) is 0.474. The minimum atomic E-state index is -0.291. The topological polar surface area (TPSA) is 77.4 Å². The van der Waals surface area contributed by atoms with E-state index in [9.17, 15) is 4.79 Å². The molecule has 4 rings (SSSR count). The number of aromatic nitrogens is 3. The minimum Gasteiger partial charge on any atom is -0.372 e. The van der Waals surface area contributed by atoms with Gasteiger partial charge < -0.3 is 14.4 Å². The first-order chi connectivity index (χ1) is 12.6. The number of hydrogen-bond acceptors (Lipinski definition) is 6. The van der Waals surface area contributed by atoms with Crippen LogP contribution in [0.4, 0.5) is 0 Å². The quantitative estimate of drug-likeness (QED) is 0.833. The second kappa shape index (κ2) is 7.09. The normalized spacial score (nSPS) is 21.4. The van der Waals surface area contributed by atoms with E-state index < -0.39 is 0 Å². The molecule has 1 atom stereocenters. The SMILES string of the molecule is Cc1cccc(CO[C@@H]2CCOC3(C2)CN(C(=O)c2cnccn2)C3)n1. The highest BCUT2D eigenvalue weighted by atomic mass is 16.5. The van der Waals surface area contributed by atoms with Crippen LogP contribution in [0.15, 0.2) is 36.8 Å². The number of likely N-dealkylation sites (tertiary alicyclic amines) is 1. The Morgan fingerprint density at radius 2 is 2.27 bits per heavy atom. The molecule has 7 heteroatoms. The van der Waals surface area contributed by atoms with E-state index in [2.05, 4.69) is 15.0 Å². The van der Waals surface area contributed by atoms with Gasteiger partial charge in [0, 0.05) is 31.1 Å². The zero-order valence-corrected chi connectivity index (χ0v) is 14.8. The lowest BCUT2D eigenvalue weighted by atomic mass is 9.84. The maximum absolute atomic E-state index is 12.4. The molecule has 1 amide bonds. The lowest BCUT2D eigenvalue weighted by Crippen LogP contribution is -2.67. The van der Waals surface area contributed by atoms with Gasteiger partial charge in [0.05, 0.1) is 37.7 Å². The largest absolute Gasteiger partial charge is 0.372 e. The molecule has 0 aromatic carbocycles. The van der Waals surface area contributed by atoms with Crippen molar-refractivity contribution in [1.29, 1.82) is 0 Å². The summed E-state index contributed by atoms with van der Waals surface area (Å²) in [6.07, 6.45) is 6.37. The number of amides is 1. The molecule has 0 aliphatic carbocycles. The van der Waals surface area contributed by atoms with Gasteiger partial charge in [0.15, 0.2) is 0 Å². The van der Waals surface area contributed by atoms with Crippen LogP contribution in [0.1, 0.15) is 34.7 Å². The van der Waals surface area contributed by atoms with Crippen molar-refractivity contribution in [1.82, 2.24) is 19.9 Å². The van der Waals surface area contributed by atoms with Gasteiger partial charge in [-0.1, -0.05) is 6.07 Å². The van der Waals surface area contributed by atoms with Crippen LogP contribution >= 0.6 is 0 Å². The summed E-state index contributed by atoms with van der Waals surface area (Å²) in [4.78, 5) is 26.7. The molecule has 2 aliphatic heterocycles. The van der Waals surface area contributed by atoms with Gasteiger partial charge >= 0.3 is 0 Å². The Morgan fingerprint density at radius 3 is 3.04 bits per heavy atom. The van der Waals surface area contributed by atoms with Crippen molar-refractivity contribution in [3.05, 3.63) is 53.9 Å². The van der Waals surface area contributed by atoms with Gasteiger partial charge in [-0.3, -0.25) is 14.8 Å². The van der Waals surface area contributed by atoms with Crippen LogP contribution in [0, 0.1) is 6.92 Å². The van der Waals surface area contributed by atoms with Crippen molar-refractivity contribution in [3.63, 3.8) is 0 Å². The van der Waals surface area contributed by atoms with Crippen LogP contribution in [0.25, 0.3) is 0 Å². The summed E-state index contributed by atoms with van der Waals surface area (Å²) in [5, 5.41) is 0. The van der Waals surface area contributed by atoms with Gasteiger partial charge in [-0.05, 0) is 25.5 Å². The molecule has 7 nitrogen and oxygen atoms in total. The molecule has 0 radical (unpaired) electrons. The second-order valence-electron chi connectivity index (χ2n) is 6.98. The third-order valence-electron chi connectivity index (χ3n) is 4.89. The number of carbonyl (C=O) groups is 1. The summed E-state index contributed by atoms with van der Waals surface area (Å²) in [7, 11) is 0. The van der Waals surface area contributed by atoms with Crippen molar-refractivity contribution in [2.45, 2.75) is 38.1 Å². The highest BCUT2D eigenvalue weighted by Gasteiger charge is 2.49. The first-order valence-electron chi connectivity index (χ1n) is 8.87. The molecule has 26 heavy (non-hydrogen) atoms. The molecular formula is C19H22N4O3. The molecule has 0 unspecified atom stereocenters. The number of carbonyl (C=O) groups excluding carboxylic acids is 1. The predicted molar refractivity (Wildman–Crippen MR) is 93.4 cm³/mol. The van der Waals surface area contributed by atoms with Gasteiger partial charge in [-0.2, -0.15) is 0 Å². The van der Waals surface area contributed by atoms with Crippen molar-refractivity contribution in [2.24, 2.45) is 0 Å². The van der Waals surface area contributed by atoms with E-state index in [1.165, 1.54) is 12.4 Å². The maximum Gasteiger partial charge on any atom is 0.274 e. The average Bonchev–Trinajstić information content (AvgIpc) is 2.65. The van der Waals surface area contributed by atoms with E-state index >= 15 is 0 Å². The summed E-state index contributed by atoms with van der Waals surface area (Å²) in [6, 6.07) is 5.95. The number of ether oxygens (including phenoxy) is 2. The van der Waals surface area contributed by atoms with Gasteiger partial charge in [0.25, 0.3) is 5.91 Å². The Bertz CT molecular complexity index is 777. The van der Waals surface area contributed by atoms with Crippen LogP contribution in [0.2, 0.25) is 0 Å². The van der Waals surface area contributed by atoms with Crippen molar-refractivity contribution in [3.8, 4) is 0 Å². The number of rotatable bonds is 4. The zero-order chi connectivity index (χ0) is 18.0. The van der Waals surface area contributed by atoms with E-state index in [1.807, 2.05) is 25.1 Å². The molecule has 2 fully saturated rings. The van der Waals surface area contributed by atoms with Gasteiger partial charge in [-0.15, -0.1) is 0 Å². The lowest BCUT2D eigenvalue weighted by molar-refractivity contribution is -0.188. The third-order valence-corrected chi connectivity index (χ3v) is 4.89. The Labute approximate surface area is 152 Å². The monoisotopic (exact) mass is 354 g/mol. The van der Waals surface area contributed by atoms with E-state index in [4.69, 9.17) is 9.47 Å². The van der Waals surface area contributed by atoms with E-state index in [0.29, 0.717) is 32.0 Å². The third kappa shape index (κ3) is 3.59. The van der Waals surface area contributed by atoms with Crippen molar-refractivity contribution >= 4 is 5.91 Å². The van der Waals surface area contributed by atoms with E-state index in [0.717, 1.165) is 24.2 Å². The smallest absolute Gasteiger partial charge is 0.274 e. The molecule has 136 valence electrons. The number of aryl methyl sites for hydroxylation is 1. The van der Waals surface area contributed by atoms with Crippen molar-refractivity contribution in [2.75, 3.05) is 19.7 Å². The van der Waals surface area contributed by atoms with Crippen molar-refractivity contribution < 1.29 is 14.3 Å². The number of nitrogens with zero attached hydrogens (tertiary/aromatic N) is 4. The standard InChI is InChI=1S/C19H22N4O3/c1-14-3-2-4-15(22-14)11-25-16-5-8-26-19(9-16)12-23(13-19)18(24)17-10-20-6-7-21-17/h2-4,6-7,10,16H,5,8-9,11-13H2,1H3/t16-/m1/s1. The molecule has 0 N–H and O–H groups in total. The van der Waals surface area contributed by atoms with Gasteiger partial charge in [-0.25, -0.2) is 4.98 Å². The molecule has 2 saturated heterocycles. The molecule has 4 heterocycles. The number of hydrogen-bond donors (Lipinski definition) is 0. The Morgan fingerprint density at radius 1 is 1.38 bits per heavy atom. The Kier molecular flexibility index (Phi) is 4.65. The fourth-order valence-electron chi connectivity index (χ4n) is 3.59. The Hall–Kier alpha value is -2.38. The van der Waals surface area contributed by atoms with Gasteiger partial charge in [0.2, 0.25) is 0 Å². The molecule has 2 aromatic rings. The maximum atomic E-state index is 12.4. The molecule has 0 bridgehead atoms. The Balaban J connectivity index is 1.31. The molecule has 2 aromatic heterocycles.